The highest BCUT2D eigenvalue weighted by Gasteiger charge is 2.39. The zero-order valence-corrected chi connectivity index (χ0v) is 9.90. The van der Waals surface area contributed by atoms with Crippen molar-refractivity contribution in [2.75, 3.05) is 13.7 Å². The van der Waals surface area contributed by atoms with Gasteiger partial charge in [-0.15, -0.1) is 0 Å². The van der Waals surface area contributed by atoms with Crippen LogP contribution in [-0.2, 0) is 10.3 Å². The molecule has 0 aliphatic carbocycles. The molecule has 0 saturated carbocycles. The van der Waals surface area contributed by atoms with Gasteiger partial charge >= 0.3 is 5.97 Å². The van der Waals surface area contributed by atoms with E-state index in [0.29, 0.717) is 0 Å². The number of para-hydroxylation sites is 1. The van der Waals surface area contributed by atoms with E-state index in [0.717, 1.165) is 30.7 Å². The van der Waals surface area contributed by atoms with Gasteiger partial charge in [0.15, 0.2) is 0 Å². The predicted molar refractivity (Wildman–Crippen MR) is 64.2 cm³/mol. The minimum Gasteiger partial charge on any atom is -0.496 e. The second-order valence-electron chi connectivity index (χ2n) is 4.38. The molecule has 1 aliphatic rings. The molecule has 0 aromatic heterocycles. The molecular weight excluding hydrogens is 218 g/mol. The van der Waals surface area contributed by atoms with E-state index < -0.39 is 11.5 Å². The summed E-state index contributed by atoms with van der Waals surface area (Å²) in [6.45, 7) is 0.853. The van der Waals surface area contributed by atoms with Gasteiger partial charge in [0, 0.05) is 5.56 Å². The van der Waals surface area contributed by atoms with Gasteiger partial charge in [-0.25, -0.2) is 0 Å². The smallest absolute Gasteiger partial charge is 0.305 e. The number of rotatable bonds is 4. The largest absolute Gasteiger partial charge is 0.496 e. The van der Waals surface area contributed by atoms with Crippen LogP contribution in [0, 0.1) is 0 Å². The van der Waals surface area contributed by atoms with Crippen LogP contribution in [0.1, 0.15) is 24.8 Å². The maximum absolute atomic E-state index is 11.1. The minimum absolute atomic E-state index is 0.0906. The molecular formula is C13H17NO3. The van der Waals surface area contributed by atoms with Crippen LogP contribution in [0.3, 0.4) is 0 Å². The van der Waals surface area contributed by atoms with Gasteiger partial charge in [0.05, 0.1) is 19.1 Å². The van der Waals surface area contributed by atoms with E-state index in [4.69, 9.17) is 9.84 Å². The van der Waals surface area contributed by atoms with Gasteiger partial charge in [-0.05, 0) is 25.5 Å². The second-order valence-corrected chi connectivity index (χ2v) is 4.38. The van der Waals surface area contributed by atoms with E-state index in [1.807, 2.05) is 24.3 Å². The van der Waals surface area contributed by atoms with Crippen molar-refractivity contribution in [2.45, 2.75) is 24.8 Å². The first kappa shape index (κ1) is 11.9. The molecule has 17 heavy (non-hydrogen) atoms. The fourth-order valence-corrected chi connectivity index (χ4v) is 2.58. The number of ether oxygens (including phenoxy) is 1. The van der Waals surface area contributed by atoms with Gasteiger partial charge in [0.25, 0.3) is 0 Å². The van der Waals surface area contributed by atoms with Crippen LogP contribution in [0.5, 0.6) is 5.75 Å². The lowest BCUT2D eigenvalue weighted by atomic mass is 9.84. The number of carboxylic acids is 1. The zero-order chi connectivity index (χ0) is 12.3. The topological polar surface area (TPSA) is 58.6 Å². The Morgan fingerprint density at radius 3 is 2.88 bits per heavy atom. The van der Waals surface area contributed by atoms with Crippen molar-refractivity contribution in [1.29, 1.82) is 0 Å². The Labute approximate surface area is 101 Å². The maximum atomic E-state index is 11.1. The molecule has 2 rings (SSSR count). The van der Waals surface area contributed by atoms with E-state index in [-0.39, 0.29) is 6.42 Å². The van der Waals surface area contributed by atoms with Crippen molar-refractivity contribution in [1.82, 2.24) is 5.32 Å². The quantitative estimate of drug-likeness (QED) is 0.834. The summed E-state index contributed by atoms with van der Waals surface area (Å²) in [4.78, 5) is 11.1. The van der Waals surface area contributed by atoms with Gasteiger partial charge in [-0.1, -0.05) is 18.2 Å². The summed E-state index contributed by atoms with van der Waals surface area (Å²) >= 11 is 0. The van der Waals surface area contributed by atoms with Crippen molar-refractivity contribution in [3.8, 4) is 5.75 Å². The number of hydrogen-bond donors (Lipinski definition) is 2. The number of aliphatic carboxylic acids is 1. The standard InChI is InChI=1S/C13H17NO3/c1-17-11-6-3-2-5-10(11)13(9-12(15)16)7-4-8-14-13/h2-3,5-6,14H,4,7-9H2,1H3,(H,15,16). The fourth-order valence-electron chi connectivity index (χ4n) is 2.58. The molecule has 92 valence electrons. The molecule has 1 saturated heterocycles. The third-order valence-corrected chi connectivity index (χ3v) is 3.32. The number of carbonyl (C=O) groups is 1. The molecule has 4 nitrogen and oxygen atoms in total. The molecule has 0 spiro atoms. The molecule has 1 unspecified atom stereocenters. The Morgan fingerprint density at radius 1 is 1.53 bits per heavy atom. The van der Waals surface area contributed by atoms with Crippen LogP contribution < -0.4 is 10.1 Å². The first-order valence-corrected chi connectivity index (χ1v) is 5.78. The van der Waals surface area contributed by atoms with E-state index >= 15 is 0 Å². The summed E-state index contributed by atoms with van der Waals surface area (Å²) in [6.07, 6.45) is 1.92. The van der Waals surface area contributed by atoms with Gasteiger partial charge in [-0.2, -0.15) is 0 Å². The Kier molecular flexibility index (Phi) is 3.33. The Bertz CT molecular complexity index is 411. The molecule has 1 atom stereocenters. The van der Waals surface area contributed by atoms with E-state index in [2.05, 4.69) is 5.32 Å². The van der Waals surface area contributed by atoms with E-state index in [9.17, 15) is 4.79 Å². The first-order chi connectivity index (χ1) is 8.18. The molecule has 1 heterocycles. The number of hydrogen-bond acceptors (Lipinski definition) is 3. The SMILES string of the molecule is COc1ccccc1C1(CC(=O)O)CCCN1. The highest BCUT2D eigenvalue weighted by Crippen LogP contribution is 2.39. The van der Waals surface area contributed by atoms with Crippen molar-refractivity contribution in [3.05, 3.63) is 29.8 Å². The van der Waals surface area contributed by atoms with Crippen LogP contribution >= 0.6 is 0 Å². The fraction of sp³-hybridized carbons (Fsp3) is 0.462. The van der Waals surface area contributed by atoms with Crippen LogP contribution in [-0.4, -0.2) is 24.7 Å². The van der Waals surface area contributed by atoms with Gasteiger partial charge in [-0.3, -0.25) is 4.79 Å². The van der Waals surface area contributed by atoms with Crippen molar-refractivity contribution < 1.29 is 14.6 Å². The Balaban J connectivity index is 2.41. The highest BCUT2D eigenvalue weighted by atomic mass is 16.5. The van der Waals surface area contributed by atoms with E-state index in [1.54, 1.807) is 7.11 Å². The lowest BCUT2D eigenvalue weighted by Crippen LogP contribution is -2.39. The average Bonchev–Trinajstić information content (AvgIpc) is 2.77. The molecule has 4 heteroatoms. The number of nitrogens with one attached hydrogen (secondary N) is 1. The molecule has 1 fully saturated rings. The number of carboxylic acid groups (broad SMARTS) is 1. The second kappa shape index (κ2) is 4.75. The molecule has 1 aromatic rings. The lowest BCUT2D eigenvalue weighted by Gasteiger charge is -2.29. The predicted octanol–water partition coefficient (Wildman–Crippen LogP) is 1.75. The maximum Gasteiger partial charge on any atom is 0.305 e. The summed E-state index contributed by atoms with van der Waals surface area (Å²) < 4.78 is 5.33. The molecule has 0 bridgehead atoms. The monoisotopic (exact) mass is 235 g/mol. The Morgan fingerprint density at radius 2 is 2.29 bits per heavy atom. The average molecular weight is 235 g/mol. The van der Waals surface area contributed by atoms with E-state index in [1.165, 1.54) is 0 Å². The molecule has 1 aliphatic heterocycles. The van der Waals surface area contributed by atoms with Crippen LogP contribution in [0.15, 0.2) is 24.3 Å². The molecule has 2 N–H and O–H groups in total. The van der Waals surface area contributed by atoms with Crippen molar-refractivity contribution in [3.63, 3.8) is 0 Å². The van der Waals surface area contributed by atoms with Crippen molar-refractivity contribution >= 4 is 5.97 Å². The summed E-state index contributed by atoms with van der Waals surface area (Å²) in [6, 6.07) is 7.63. The Hall–Kier alpha value is -1.55. The molecule has 1 aromatic carbocycles. The van der Waals surface area contributed by atoms with Crippen molar-refractivity contribution in [2.24, 2.45) is 0 Å². The van der Waals surface area contributed by atoms with Gasteiger partial charge < -0.3 is 15.2 Å². The summed E-state index contributed by atoms with van der Waals surface area (Å²) in [7, 11) is 1.61. The normalized spacial score (nSPS) is 23.6. The van der Waals surface area contributed by atoms with Crippen LogP contribution in [0.25, 0.3) is 0 Å². The molecule has 0 amide bonds. The van der Waals surface area contributed by atoms with Gasteiger partial charge in [0.2, 0.25) is 0 Å². The third-order valence-electron chi connectivity index (χ3n) is 3.32. The minimum atomic E-state index is -0.787. The number of benzene rings is 1. The summed E-state index contributed by atoms with van der Waals surface area (Å²) in [5.41, 5.74) is 0.473. The van der Waals surface area contributed by atoms with Crippen LogP contribution in [0.4, 0.5) is 0 Å². The van der Waals surface area contributed by atoms with Crippen LogP contribution in [0.2, 0.25) is 0 Å². The third kappa shape index (κ3) is 2.26. The lowest BCUT2D eigenvalue weighted by molar-refractivity contribution is -0.138. The first-order valence-electron chi connectivity index (χ1n) is 5.78. The molecule has 0 radical (unpaired) electrons. The summed E-state index contributed by atoms with van der Waals surface area (Å²) in [5, 5.41) is 12.4. The number of methoxy groups -OCH3 is 1. The highest BCUT2D eigenvalue weighted by molar-refractivity contribution is 5.69. The summed E-state index contributed by atoms with van der Waals surface area (Å²) in [5.74, 6) is -0.0338. The zero-order valence-electron chi connectivity index (χ0n) is 9.90. The van der Waals surface area contributed by atoms with Gasteiger partial charge in [0.1, 0.15) is 5.75 Å².